The summed E-state index contributed by atoms with van der Waals surface area (Å²) in [6.07, 6.45) is 0. The topological polar surface area (TPSA) is 41.9 Å². The summed E-state index contributed by atoms with van der Waals surface area (Å²) in [4.78, 5) is 0. The molecule has 0 fully saturated rings. The van der Waals surface area contributed by atoms with Crippen LogP contribution in [0.15, 0.2) is 83.8 Å². The van der Waals surface area contributed by atoms with Crippen LogP contribution < -0.4 is 0 Å². The van der Waals surface area contributed by atoms with Gasteiger partial charge >= 0.3 is 0 Å². The molecule has 0 radical (unpaired) electrons. The number of para-hydroxylation sites is 2. The van der Waals surface area contributed by atoms with Crippen molar-refractivity contribution in [3.05, 3.63) is 79.4 Å². The van der Waals surface area contributed by atoms with Crippen LogP contribution in [0, 0.1) is 11.3 Å². The maximum atomic E-state index is 9.29. The normalized spacial score (nSPS) is 11.3. The first-order valence-electron chi connectivity index (χ1n) is 8.33. The van der Waals surface area contributed by atoms with E-state index in [1.807, 2.05) is 53.1 Å². The van der Waals surface area contributed by atoms with Crippen molar-refractivity contribution in [1.82, 2.24) is 4.57 Å². The summed E-state index contributed by atoms with van der Waals surface area (Å²) in [5.41, 5.74) is 4.66. The highest BCUT2D eigenvalue weighted by Gasteiger charge is 2.19. The molecule has 26 heavy (non-hydrogen) atoms. The van der Waals surface area contributed by atoms with Gasteiger partial charge < -0.3 is 8.98 Å². The number of nitriles is 1. The van der Waals surface area contributed by atoms with Gasteiger partial charge in [-0.15, -0.1) is 0 Å². The SMILES string of the molecule is C=C(C#N)C(=C)n1c2ccccc2c2c3c(ccc21)oc1ccccc13. The molecule has 0 N–H and O–H groups in total. The fourth-order valence-corrected chi connectivity index (χ4v) is 3.76. The molecule has 0 spiro atoms. The molecule has 3 nitrogen and oxygen atoms in total. The molecule has 0 amide bonds. The molecule has 0 aliphatic carbocycles. The average molecular weight is 334 g/mol. The highest BCUT2D eigenvalue weighted by Crippen LogP contribution is 2.41. The van der Waals surface area contributed by atoms with E-state index in [1.165, 1.54) is 0 Å². The Hall–Kier alpha value is -3.77. The van der Waals surface area contributed by atoms with Gasteiger partial charge in [0.2, 0.25) is 0 Å². The monoisotopic (exact) mass is 334 g/mol. The van der Waals surface area contributed by atoms with Crippen molar-refractivity contribution in [2.45, 2.75) is 0 Å². The van der Waals surface area contributed by atoms with Gasteiger partial charge in [0.15, 0.2) is 0 Å². The lowest BCUT2D eigenvalue weighted by molar-refractivity contribution is 0.669. The lowest BCUT2D eigenvalue weighted by atomic mass is 10.1. The molecule has 3 heteroatoms. The van der Waals surface area contributed by atoms with E-state index in [0.29, 0.717) is 11.3 Å². The summed E-state index contributed by atoms with van der Waals surface area (Å²) in [6.45, 7) is 7.96. The van der Waals surface area contributed by atoms with Crippen LogP contribution in [0.2, 0.25) is 0 Å². The van der Waals surface area contributed by atoms with Crippen LogP contribution in [-0.2, 0) is 0 Å². The molecule has 5 aromatic rings. The molecule has 0 saturated carbocycles. The number of fused-ring (bicyclic) bond motifs is 7. The molecular weight excluding hydrogens is 320 g/mol. The zero-order chi connectivity index (χ0) is 17.8. The van der Waals surface area contributed by atoms with Gasteiger partial charge in [-0.2, -0.15) is 5.26 Å². The molecule has 0 atom stereocenters. The second kappa shape index (κ2) is 5.11. The van der Waals surface area contributed by atoms with Crippen molar-refractivity contribution < 1.29 is 4.42 Å². The van der Waals surface area contributed by atoms with E-state index in [2.05, 4.69) is 31.4 Å². The molecule has 122 valence electrons. The second-order valence-corrected chi connectivity index (χ2v) is 6.32. The smallest absolute Gasteiger partial charge is 0.136 e. The Morgan fingerprint density at radius 2 is 1.54 bits per heavy atom. The van der Waals surface area contributed by atoms with E-state index in [9.17, 15) is 5.26 Å². The van der Waals surface area contributed by atoms with Crippen molar-refractivity contribution in [3.63, 3.8) is 0 Å². The van der Waals surface area contributed by atoms with Gasteiger partial charge in [0.05, 0.1) is 22.3 Å². The van der Waals surface area contributed by atoms with Crippen molar-refractivity contribution in [2.24, 2.45) is 0 Å². The molecular formula is C23H14N2O. The van der Waals surface area contributed by atoms with E-state index in [-0.39, 0.29) is 0 Å². The van der Waals surface area contributed by atoms with Gasteiger partial charge in [0, 0.05) is 21.5 Å². The number of hydrogen-bond acceptors (Lipinski definition) is 2. The highest BCUT2D eigenvalue weighted by molar-refractivity contribution is 6.27. The van der Waals surface area contributed by atoms with Gasteiger partial charge in [0.25, 0.3) is 0 Å². The summed E-state index contributed by atoms with van der Waals surface area (Å²) < 4.78 is 8.06. The molecule has 2 heterocycles. The highest BCUT2D eigenvalue weighted by atomic mass is 16.3. The van der Waals surface area contributed by atoms with Crippen LogP contribution in [0.3, 0.4) is 0 Å². The Morgan fingerprint density at radius 3 is 2.35 bits per heavy atom. The summed E-state index contributed by atoms with van der Waals surface area (Å²) in [7, 11) is 0. The number of nitrogens with zero attached hydrogens (tertiary/aromatic N) is 2. The van der Waals surface area contributed by atoms with Gasteiger partial charge in [-0.1, -0.05) is 49.6 Å². The number of furan rings is 1. The Kier molecular flexibility index (Phi) is 2.86. The fraction of sp³-hybridized carbons (Fsp3) is 0. The first-order valence-corrected chi connectivity index (χ1v) is 8.33. The minimum Gasteiger partial charge on any atom is -0.456 e. The molecule has 0 unspecified atom stereocenters. The molecule has 0 saturated heterocycles. The number of rotatable bonds is 2. The standard InChI is InChI=1S/C23H14N2O/c1-14(13-24)15(2)25-18-9-5-3-7-16(18)22-19(25)11-12-21-23(22)17-8-4-6-10-20(17)26-21/h3-12H,1-2H2. The van der Waals surface area contributed by atoms with Crippen molar-refractivity contribution in [2.75, 3.05) is 0 Å². The predicted molar refractivity (Wildman–Crippen MR) is 107 cm³/mol. The number of allylic oxidation sites excluding steroid dienone is 2. The minimum atomic E-state index is 0.352. The summed E-state index contributed by atoms with van der Waals surface area (Å²) in [5.74, 6) is 0. The maximum absolute atomic E-state index is 9.29. The summed E-state index contributed by atoms with van der Waals surface area (Å²) in [6, 6.07) is 22.3. The lowest BCUT2D eigenvalue weighted by Crippen LogP contribution is -1.96. The molecule has 2 aromatic heterocycles. The number of aromatic nitrogens is 1. The van der Waals surface area contributed by atoms with E-state index < -0.39 is 0 Å². The lowest BCUT2D eigenvalue weighted by Gasteiger charge is -2.09. The Balaban J connectivity index is 2.07. The largest absolute Gasteiger partial charge is 0.456 e. The van der Waals surface area contributed by atoms with Crippen LogP contribution in [0.25, 0.3) is 49.4 Å². The molecule has 5 rings (SSSR count). The van der Waals surface area contributed by atoms with E-state index in [1.54, 1.807) is 0 Å². The first kappa shape index (κ1) is 14.6. The van der Waals surface area contributed by atoms with E-state index in [4.69, 9.17) is 4.42 Å². The van der Waals surface area contributed by atoms with Crippen molar-refractivity contribution >= 4 is 49.4 Å². The predicted octanol–water partition coefficient (Wildman–Crippen LogP) is 6.24. The molecule has 0 aliphatic heterocycles. The second-order valence-electron chi connectivity index (χ2n) is 6.32. The fourth-order valence-electron chi connectivity index (χ4n) is 3.76. The van der Waals surface area contributed by atoms with Crippen LogP contribution in [0.5, 0.6) is 0 Å². The van der Waals surface area contributed by atoms with Crippen molar-refractivity contribution in [3.8, 4) is 6.07 Å². The molecule has 0 bridgehead atoms. The summed E-state index contributed by atoms with van der Waals surface area (Å²) >= 11 is 0. The Labute approximate surface area is 149 Å². The number of benzene rings is 3. The van der Waals surface area contributed by atoms with Crippen LogP contribution in [-0.4, -0.2) is 4.57 Å². The third-order valence-corrected chi connectivity index (χ3v) is 4.93. The Morgan fingerprint density at radius 1 is 0.808 bits per heavy atom. The Bertz CT molecular complexity index is 1420. The van der Waals surface area contributed by atoms with Gasteiger partial charge in [-0.3, -0.25) is 0 Å². The molecule has 0 aliphatic rings. The first-order chi connectivity index (χ1) is 12.7. The summed E-state index contributed by atoms with van der Waals surface area (Å²) in [5, 5.41) is 13.7. The van der Waals surface area contributed by atoms with Gasteiger partial charge in [0.1, 0.15) is 17.2 Å². The van der Waals surface area contributed by atoms with Crippen molar-refractivity contribution in [1.29, 1.82) is 5.26 Å². The quantitative estimate of drug-likeness (QED) is 0.283. The van der Waals surface area contributed by atoms with E-state index in [0.717, 1.165) is 43.7 Å². The third-order valence-electron chi connectivity index (χ3n) is 4.93. The van der Waals surface area contributed by atoms with Crippen LogP contribution in [0.4, 0.5) is 0 Å². The molecule has 3 aromatic carbocycles. The zero-order valence-electron chi connectivity index (χ0n) is 14.0. The number of hydrogen-bond donors (Lipinski definition) is 0. The maximum Gasteiger partial charge on any atom is 0.136 e. The van der Waals surface area contributed by atoms with Crippen LogP contribution >= 0.6 is 0 Å². The van der Waals surface area contributed by atoms with Gasteiger partial charge in [-0.25, -0.2) is 0 Å². The zero-order valence-corrected chi connectivity index (χ0v) is 14.0. The third kappa shape index (κ3) is 1.76. The van der Waals surface area contributed by atoms with Crippen LogP contribution in [0.1, 0.15) is 0 Å². The average Bonchev–Trinajstić information content (AvgIpc) is 3.22. The minimum absolute atomic E-state index is 0.352. The van der Waals surface area contributed by atoms with Gasteiger partial charge in [-0.05, 0) is 24.3 Å². The van der Waals surface area contributed by atoms with E-state index >= 15 is 0 Å².